The van der Waals surface area contributed by atoms with Gasteiger partial charge in [-0.15, -0.1) is 0 Å². The summed E-state index contributed by atoms with van der Waals surface area (Å²) in [6.45, 7) is 4.43. The number of hydrogen-bond acceptors (Lipinski definition) is 0. The molecular formula is C16H18Br2. The van der Waals surface area contributed by atoms with Crippen molar-refractivity contribution in [2.75, 3.05) is 0 Å². The van der Waals surface area contributed by atoms with Crippen LogP contribution in [-0.4, -0.2) is 0 Å². The zero-order valence-corrected chi connectivity index (χ0v) is 14.0. The maximum absolute atomic E-state index is 3.80. The van der Waals surface area contributed by atoms with Crippen LogP contribution < -0.4 is 0 Å². The Balaban J connectivity index is 2.63. The highest BCUT2D eigenvalue weighted by Crippen LogP contribution is 2.38. The first-order valence-corrected chi connectivity index (χ1v) is 8.31. The number of halogens is 2. The molecule has 0 saturated heterocycles. The Hall–Kier alpha value is -0.340. The van der Waals surface area contributed by atoms with Gasteiger partial charge < -0.3 is 0 Å². The zero-order valence-electron chi connectivity index (χ0n) is 10.8. The molecule has 2 unspecified atom stereocenters. The number of hydrogen-bond donors (Lipinski definition) is 0. The van der Waals surface area contributed by atoms with Crippen LogP contribution in [0.5, 0.6) is 0 Å². The van der Waals surface area contributed by atoms with Crippen LogP contribution in [0.2, 0.25) is 0 Å². The van der Waals surface area contributed by atoms with Gasteiger partial charge in [-0.1, -0.05) is 70.0 Å². The lowest BCUT2D eigenvalue weighted by molar-refractivity contribution is 0.853. The number of alkyl halides is 2. The summed E-state index contributed by atoms with van der Waals surface area (Å²) in [6.07, 6.45) is 2.21. The Kier molecular flexibility index (Phi) is 4.85. The molecule has 2 atom stereocenters. The first-order chi connectivity index (χ1) is 8.67. The summed E-state index contributed by atoms with van der Waals surface area (Å²) >= 11 is 7.60. The monoisotopic (exact) mass is 368 g/mol. The molecule has 0 nitrogen and oxygen atoms in total. The highest BCUT2D eigenvalue weighted by molar-refractivity contribution is 9.09. The molecule has 2 rings (SSSR count). The van der Waals surface area contributed by atoms with Gasteiger partial charge in [-0.3, -0.25) is 0 Å². The Morgan fingerprint density at radius 2 is 1.22 bits per heavy atom. The predicted octanol–water partition coefficient (Wildman–Crippen LogP) is 6.53. The Bertz CT molecular complexity index is 485. The summed E-state index contributed by atoms with van der Waals surface area (Å²) in [4.78, 5) is 0.868. The minimum atomic E-state index is 0.434. The fourth-order valence-electron chi connectivity index (χ4n) is 2.26. The lowest BCUT2D eigenvalue weighted by Gasteiger charge is -2.18. The summed E-state index contributed by atoms with van der Waals surface area (Å²) < 4.78 is 0. The van der Waals surface area contributed by atoms with E-state index < -0.39 is 0 Å². The van der Waals surface area contributed by atoms with Gasteiger partial charge in [0.05, 0.1) is 0 Å². The molecular weight excluding hydrogens is 352 g/mol. The van der Waals surface area contributed by atoms with Crippen molar-refractivity contribution in [2.24, 2.45) is 0 Å². The van der Waals surface area contributed by atoms with Crippen molar-refractivity contribution in [3.8, 4) is 0 Å². The minimum Gasteiger partial charge on any atom is -0.0839 e. The molecule has 0 N–H and O–H groups in total. The fourth-order valence-corrected chi connectivity index (χ4v) is 3.05. The largest absolute Gasteiger partial charge is 0.0839 e. The summed E-state index contributed by atoms with van der Waals surface area (Å²) in [5.41, 5.74) is 2.83. The van der Waals surface area contributed by atoms with Gasteiger partial charge in [0.2, 0.25) is 0 Å². The van der Waals surface area contributed by atoms with Gasteiger partial charge in [-0.25, -0.2) is 0 Å². The molecule has 2 aromatic carbocycles. The third-order valence-corrected chi connectivity index (χ3v) is 5.62. The summed E-state index contributed by atoms with van der Waals surface area (Å²) in [7, 11) is 0. The molecule has 0 aliphatic heterocycles. The van der Waals surface area contributed by atoms with Crippen LogP contribution in [0.15, 0.2) is 36.4 Å². The third-order valence-electron chi connectivity index (χ3n) is 3.34. The number of benzene rings is 2. The maximum atomic E-state index is 3.80. The standard InChI is InChI=1S/C16H18Br2/c1-3-15(17)13-9-11-7-5-6-8-12(11)10-14(13)16(18)4-2/h5-10,15-16H,3-4H2,1-2H3. The molecule has 2 heteroatoms. The first kappa shape index (κ1) is 14.1. The van der Waals surface area contributed by atoms with Crippen LogP contribution in [0.3, 0.4) is 0 Å². The van der Waals surface area contributed by atoms with Gasteiger partial charge >= 0.3 is 0 Å². The molecule has 0 spiro atoms. The van der Waals surface area contributed by atoms with Crippen LogP contribution in [0.4, 0.5) is 0 Å². The molecule has 0 radical (unpaired) electrons. The molecule has 0 aliphatic carbocycles. The van der Waals surface area contributed by atoms with E-state index in [1.54, 1.807) is 0 Å². The van der Waals surface area contributed by atoms with E-state index in [0.29, 0.717) is 9.65 Å². The average Bonchev–Trinajstić information content (AvgIpc) is 2.44. The van der Waals surface area contributed by atoms with Crippen molar-refractivity contribution >= 4 is 42.6 Å². The lowest BCUT2D eigenvalue weighted by atomic mass is 9.95. The van der Waals surface area contributed by atoms with Crippen LogP contribution in [0, 0.1) is 0 Å². The summed E-state index contributed by atoms with van der Waals surface area (Å²) in [5, 5.41) is 2.65. The van der Waals surface area contributed by atoms with Crippen molar-refractivity contribution < 1.29 is 0 Å². The van der Waals surface area contributed by atoms with E-state index in [2.05, 4.69) is 82.1 Å². The fraction of sp³-hybridized carbons (Fsp3) is 0.375. The highest BCUT2D eigenvalue weighted by atomic mass is 79.9. The smallest absolute Gasteiger partial charge is 0.0396 e. The first-order valence-electron chi connectivity index (χ1n) is 6.48. The normalized spacial score (nSPS) is 14.7. The van der Waals surface area contributed by atoms with Gasteiger partial charge in [0, 0.05) is 9.65 Å². The van der Waals surface area contributed by atoms with Crippen LogP contribution in [0.25, 0.3) is 10.8 Å². The van der Waals surface area contributed by atoms with Crippen LogP contribution in [0.1, 0.15) is 47.5 Å². The third kappa shape index (κ3) is 2.80. The molecule has 2 aromatic rings. The Labute approximate surface area is 126 Å². The van der Waals surface area contributed by atoms with E-state index in [9.17, 15) is 0 Å². The molecule has 0 heterocycles. The number of rotatable bonds is 4. The second-order valence-electron chi connectivity index (χ2n) is 4.58. The van der Waals surface area contributed by atoms with Gasteiger partial charge in [0.1, 0.15) is 0 Å². The van der Waals surface area contributed by atoms with Crippen molar-refractivity contribution in [2.45, 2.75) is 36.3 Å². The van der Waals surface area contributed by atoms with Crippen LogP contribution >= 0.6 is 31.9 Å². The molecule has 0 fully saturated rings. The quantitative estimate of drug-likeness (QED) is 0.537. The second kappa shape index (κ2) is 6.21. The molecule has 0 saturated carbocycles. The van der Waals surface area contributed by atoms with Gasteiger partial charge in [-0.2, -0.15) is 0 Å². The van der Waals surface area contributed by atoms with E-state index in [1.165, 1.54) is 21.9 Å². The van der Waals surface area contributed by atoms with Crippen molar-refractivity contribution in [1.82, 2.24) is 0 Å². The maximum Gasteiger partial charge on any atom is 0.0396 e. The van der Waals surface area contributed by atoms with Crippen molar-refractivity contribution in [3.63, 3.8) is 0 Å². The Morgan fingerprint density at radius 1 is 0.833 bits per heavy atom. The van der Waals surface area contributed by atoms with Gasteiger partial charge in [0.25, 0.3) is 0 Å². The number of fused-ring (bicyclic) bond motifs is 1. The highest BCUT2D eigenvalue weighted by Gasteiger charge is 2.16. The SMILES string of the molecule is CCC(Br)c1cc2ccccc2cc1C(Br)CC. The zero-order chi connectivity index (χ0) is 13.1. The van der Waals surface area contributed by atoms with Crippen molar-refractivity contribution in [1.29, 1.82) is 0 Å². The predicted molar refractivity (Wildman–Crippen MR) is 87.9 cm³/mol. The molecule has 0 aliphatic rings. The molecule has 0 bridgehead atoms. The van der Waals surface area contributed by atoms with Gasteiger partial charge in [-0.05, 0) is 46.9 Å². The molecule has 0 amide bonds. The molecule has 18 heavy (non-hydrogen) atoms. The molecule has 96 valence electrons. The Morgan fingerprint density at radius 3 is 1.56 bits per heavy atom. The van der Waals surface area contributed by atoms with E-state index in [4.69, 9.17) is 0 Å². The molecule has 0 aromatic heterocycles. The lowest BCUT2D eigenvalue weighted by Crippen LogP contribution is -1.99. The summed E-state index contributed by atoms with van der Waals surface area (Å²) in [6, 6.07) is 13.2. The van der Waals surface area contributed by atoms with E-state index in [-0.39, 0.29) is 0 Å². The topological polar surface area (TPSA) is 0 Å². The van der Waals surface area contributed by atoms with E-state index in [1.807, 2.05) is 0 Å². The van der Waals surface area contributed by atoms with Gasteiger partial charge in [0.15, 0.2) is 0 Å². The van der Waals surface area contributed by atoms with Crippen LogP contribution in [-0.2, 0) is 0 Å². The van der Waals surface area contributed by atoms with Crippen molar-refractivity contribution in [3.05, 3.63) is 47.5 Å². The van der Waals surface area contributed by atoms with E-state index in [0.717, 1.165) is 12.8 Å². The minimum absolute atomic E-state index is 0.434. The average molecular weight is 370 g/mol. The van der Waals surface area contributed by atoms with E-state index >= 15 is 0 Å². The summed E-state index contributed by atoms with van der Waals surface area (Å²) in [5.74, 6) is 0. The second-order valence-corrected chi connectivity index (χ2v) is 6.79.